The molecule has 0 aliphatic heterocycles. The zero-order valence-electron chi connectivity index (χ0n) is 10.3. The number of hydrogen-bond acceptors (Lipinski definition) is 1. The van der Waals surface area contributed by atoms with Crippen LogP contribution in [-0.4, -0.2) is 10.9 Å². The summed E-state index contributed by atoms with van der Waals surface area (Å²) >= 11 is 9.44. The average molecular weight is 350 g/mol. The van der Waals surface area contributed by atoms with Crippen molar-refractivity contribution in [3.8, 4) is 0 Å². The van der Waals surface area contributed by atoms with Crippen molar-refractivity contribution < 1.29 is 4.79 Å². The second-order valence-electron chi connectivity index (χ2n) is 4.32. The van der Waals surface area contributed by atoms with Crippen molar-refractivity contribution in [1.82, 2.24) is 4.98 Å². The normalized spacial score (nSPS) is 10.7. The van der Waals surface area contributed by atoms with Gasteiger partial charge in [0.15, 0.2) is 0 Å². The van der Waals surface area contributed by atoms with Crippen molar-refractivity contribution in [3.05, 3.63) is 63.7 Å². The van der Waals surface area contributed by atoms with Crippen LogP contribution in [0.3, 0.4) is 0 Å². The maximum Gasteiger partial charge on any atom is 0.256 e. The lowest BCUT2D eigenvalue weighted by molar-refractivity contribution is 0.102. The third kappa shape index (κ3) is 2.44. The number of carbonyl (C=O) groups excluding carboxylic acids is 1. The van der Waals surface area contributed by atoms with Crippen LogP contribution < -0.4 is 5.32 Å². The number of anilines is 1. The molecule has 1 heterocycles. The molecule has 3 rings (SSSR count). The van der Waals surface area contributed by atoms with Gasteiger partial charge in [-0.15, -0.1) is 0 Å². The summed E-state index contributed by atoms with van der Waals surface area (Å²) in [4.78, 5) is 15.5. The molecule has 0 fully saturated rings. The van der Waals surface area contributed by atoms with Gasteiger partial charge in [-0.2, -0.15) is 0 Å². The highest BCUT2D eigenvalue weighted by molar-refractivity contribution is 9.10. The third-order valence-corrected chi connectivity index (χ3v) is 3.82. The molecule has 5 heteroatoms. The summed E-state index contributed by atoms with van der Waals surface area (Å²) in [5.74, 6) is -0.181. The Labute approximate surface area is 129 Å². The van der Waals surface area contributed by atoms with Crippen LogP contribution in [0.25, 0.3) is 10.9 Å². The molecule has 0 aliphatic rings. The minimum absolute atomic E-state index is 0.181. The van der Waals surface area contributed by atoms with E-state index >= 15 is 0 Å². The number of carbonyl (C=O) groups is 1. The highest BCUT2D eigenvalue weighted by Gasteiger charge is 2.12. The number of benzene rings is 2. The number of aromatic amines is 1. The summed E-state index contributed by atoms with van der Waals surface area (Å²) in [6.45, 7) is 0. The minimum atomic E-state index is -0.181. The van der Waals surface area contributed by atoms with Crippen LogP contribution in [0, 0.1) is 0 Å². The molecule has 20 heavy (non-hydrogen) atoms. The first kappa shape index (κ1) is 13.2. The molecule has 1 amide bonds. The van der Waals surface area contributed by atoms with Gasteiger partial charge in [0.05, 0.1) is 10.7 Å². The van der Waals surface area contributed by atoms with Gasteiger partial charge in [0, 0.05) is 27.1 Å². The number of amides is 1. The van der Waals surface area contributed by atoms with Gasteiger partial charge in [0.1, 0.15) is 0 Å². The van der Waals surface area contributed by atoms with E-state index in [2.05, 4.69) is 26.2 Å². The second-order valence-corrected chi connectivity index (χ2v) is 5.65. The molecule has 0 unspecified atom stereocenters. The Kier molecular flexibility index (Phi) is 3.51. The maximum absolute atomic E-state index is 12.4. The number of fused-ring (bicyclic) bond motifs is 1. The van der Waals surface area contributed by atoms with Crippen LogP contribution in [0.5, 0.6) is 0 Å². The summed E-state index contributed by atoms with van der Waals surface area (Å²) in [5, 5.41) is 4.21. The first-order valence-electron chi connectivity index (χ1n) is 5.97. The van der Waals surface area contributed by atoms with Crippen molar-refractivity contribution in [3.63, 3.8) is 0 Å². The summed E-state index contributed by atoms with van der Waals surface area (Å²) in [5.41, 5.74) is 2.13. The van der Waals surface area contributed by atoms with E-state index in [0.717, 1.165) is 15.4 Å². The molecular weight excluding hydrogens is 340 g/mol. The topological polar surface area (TPSA) is 44.9 Å². The Morgan fingerprint density at radius 2 is 2.05 bits per heavy atom. The number of hydrogen-bond donors (Lipinski definition) is 2. The molecule has 0 spiro atoms. The molecule has 3 aromatic rings. The van der Waals surface area contributed by atoms with Gasteiger partial charge in [-0.05, 0) is 36.4 Å². The van der Waals surface area contributed by atoms with Gasteiger partial charge in [-0.25, -0.2) is 0 Å². The number of aromatic nitrogens is 1. The Morgan fingerprint density at radius 1 is 1.20 bits per heavy atom. The Hall–Kier alpha value is -1.78. The maximum atomic E-state index is 12.4. The van der Waals surface area contributed by atoms with Crippen LogP contribution in [0.15, 0.2) is 53.1 Å². The molecule has 2 aromatic carbocycles. The highest BCUT2D eigenvalue weighted by Crippen LogP contribution is 2.27. The van der Waals surface area contributed by atoms with Gasteiger partial charge in [0.25, 0.3) is 5.91 Å². The van der Waals surface area contributed by atoms with Crippen molar-refractivity contribution in [2.45, 2.75) is 0 Å². The molecule has 3 nitrogen and oxygen atoms in total. The molecule has 0 saturated heterocycles. The molecule has 0 bridgehead atoms. The van der Waals surface area contributed by atoms with E-state index in [4.69, 9.17) is 11.6 Å². The van der Waals surface area contributed by atoms with E-state index in [9.17, 15) is 4.79 Å². The fraction of sp³-hybridized carbons (Fsp3) is 0. The Bertz CT molecular complexity index is 797. The minimum Gasteiger partial charge on any atom is -0.361 e. The standard InChI is InChI=1S/C15H10BrClN2O/c16-9-4-5-14(12(17)8-9)19-15(20)11-2-1-3-13-10(11)6-7-18-13/h1-8,18H,(H,19,20). The molecule has 0 atom stereocenters. The fourth-order valence-corrected chi connectivity index (χ4v) is 2.78. The third-order valence-electron chi connectivity index (χ3n) is 3.02. The van der Waals surface area contributed by atoms with Gasteiger partial charge in [0.2, 0.25) is 0 Å². The molecule has 1 aromatic heterocycles. The number of nitrogens with one attached hydrogen (secondary N) is 2. The summed E-state index contributed by atoms with van der Waals surface area (Å²) < 4.78 is 0.869. The molecule has 0 radical (unpaired) electrons. The fourth-order valence-electron chi connectivity index (χ4n) is 2.06. The zero-order chi connectivity index (χ0) is 14.1. The largest absolute Gasteiger partial charge is 0.361 e. The smallest absolute Gasteiger partial charge is 0.256 e. The first-order valence-corrected chi connectivity index (χ1v) is 7.15. The van der Waals surface area contributed by atoms with Gasteiger partial charge >= 0.3 is 0 Å². The predicted molar refractivity (Wildman–Crippen MR) is 85.4 cm³/mol. The molecule has 100 valence electrons. The Morgan fingerprint density at radius 3 is 2.85 bits per heavy atom. The molecular formula is C15H10BrClN2O. The number of rotatable bonds is 2. The first-order chi connectivity index (χ1) is 9.65. The second kappa shape index (κ2) is 5.31. The summed E-state index contributed by atoms with van der Waals surface area (Å²) in [7, 11) is 0. The lowest BCUT2D eigenvalue weighted by Crippen LogP contribution is -2.12. The van der Waals surface area contributed by atoms with Crippen molar-refractivity contribution in [2.75, 3.05) is 5.32 Å². The van der Waals surface area contributed by atoms with Crippen LogP contribution in [0.2, 0.25) is 5.02 Å². The van der Waals surface area contributed by atoms with Crippen molar-refractivity contribution in [1.29, 1.82) is 0 Å². The summed E-state index contributed by atoms with van der Waals surface area (Å²) in [6.07, 6.45) is 1.81. The highest BCUT2D eigenvalue weighted by atomic mass is 79.9. The SMILES string of the molecule is O=C(Nc1ccc(Br)cc1Cl)c1cccc2[nH]ccc12. The predicted octanol–water partition coefficient (Wildman–Crippen LogP) is 4.84. The van der Waals surface area contributed by atoms with Crippen LogP contribution >= 0.6 is 27.5 Å². The zero-order valence-corrected chi connectivity index (χ0v) is 12.6. The van der Waals surface area contributed by atoms with Gasteiger partial charge in [-0.3, -0.25) is 4.79 Å². The van der Waals surface area contributed by atoms with Gasteiger partial charge in [-0.1, -0.05) is 33.6 Å². The quantitative estimate of drug-likeness (QED) is 0.683. The van der Waals surface area contributed by atoms with E-state index < -0.39 is 0 Å². The van der Waals surface area contributed by atoms with E-state index in [1.54, 1.807) is 18.2 Å². The van der Waals surface area contributed by atoms with E-state index in [1.165, 1.54) is 0 Å². The number of H-pyrrole nitrogens is 1. The lowest BCUT2D eigenvalue weighted by atomic mass is 10.1. The molecule has 0 aliphatic carbocycles. The van der Waals surface area contributed by atoms with E-state index in [1.807, 2.05) is 30.5 Å². The monoisotopic (exact) mass is 348 g/mol. The van der Waals surface area contributed by atoms with Crippen LogP contribution in [-0.2, 0) is 0 Å². The summed E-state index contributed by atoms with van der Waals surface area (Å²) in [6, 6.07) is 12.8. The number of halogens is 2. The Balaban J connectivity index is 1.95. The lowest BCUT2D eigenvalue weighted by Gasteiger charge is -2.08. The molecule has 0 saturated carbocycles. The van der Waals surface area contributed by atoms with Crippen LogP contribution in [0.1, 0.15) is 10.4 Å². The van der Waals surface area contributed by atoms with E-state index in [0.29, 0.717) is 16.3 Å². The average Bonchev–Trinajstić information content (AvgIpc) is 2.90. The van der Waals surface area contributed by atoms with Gasteiger partial charge < -0.3 is 10.3 Å². The van der Waals surface area contributed by atoms with Crippen molar-refractivity contribution >= 4 is 50.0 Å². The van der Waals surface area contributed by atoms with Crippen molar-refractivity contribution in [2.24, 2.45) is 0 Å². The molecule has 2 N–H and O–H groups in total. The van der Waals surface area contributed by atoms with E-state index in [-0.39, 0.29) is 5.91 Å². The van der Waals surface area contributed by atoms with Crippen LogP contribution in [0.4, 0.5) is 5.69 Å².